The van der Waals surface area contributed by atoms with E-state index in [9.17, 15) is 9.59 Å². The molecule has 1 saturated heterocycles. The minimum atomic E-state index is -0.608. The average Bonchev–Trinajstić information content (AvgIpc) is 3.03. The van der Waals surface area contributed by atoms with E-state index in [4.69, 9.17) is 42.8 Å². The number of ether oxygens (including phenoxy) is 4. The Bertz CT molecular complexity index is 1710. The predicted molar refractivity (Wildman–Crippen MR) is 173 cm³/mol. The minimum absolute atomic E-state index is 0.00555. The van der Waals surface area contributed by atoms with Crippen molar-refractivity contribution in [3.05, 3.63) is 118 Å². The van der Waals surface area contributed by atoms with Crippen LogP contribution in [0.25, 0.3) is 6.08 Å². The minimum Gasteiger partial charge on any atom is -0.493 e. The number of rotatable bonds is 11. The zero-order valence-electron chi connectivity index (χ0n) is 24.0. The van der Waals surface area contributed by atoms with Crippen LogP contribution in [-0.2, 0) is 22.8 Å². The van der Waals surface area contributed by atoms with Crippen LogP contribution in [0.15, 0.2) is 96.6 Å². The van der Waals surface area contributed by atoms with Gasteiger partial charge in [-0.3, -0.25) is 19.8 Å². The molecule has 0 radical (unpaired) electrons. The van der Waals surface area contributed by atoms with Crippen LogP contribution in [0.1, 0.15) is 23.6 Å². The summed E-state index contributed by atoms with van der Waals surface area (Å²) in [6.45, 7) is 2.96. The number of halogens is 1. The number of carbonyl (C=O) groups excluding carboxylic acids is 2. The maximum Gasteiger partial charge on any atom is 0.270 e. The Kier molecular flexibility index (Phi) is 9.79. The molecule has 0 aromatic heterocycles. The molecule has 224 valence electrons. The maximum absolute atomic E-state index is 13.3. The third kappa shape index (κ3) is 7.02. The van der Waals surface area contributed by atoms with Crippen molar-refractivity contribution < 1.29 is 28.5 Å². The maximum atomic E-state index is 13.3. The lowest BCUT2D eigenvalue weighted by molar-refractivity contribution is -0.122. The van der Waals surface area contributed by atoms with Crippen molar-refractivity contribution in [3.63, 3.8) is 0 Å². The number of anilines is 1. The molecule has 1 aliphatic heterocycles. The second-order valence-electron chi connectivity index (χ2n) is 9.60. The fraction of sp³-hybridized carbons (Fsp3) is 0.147. The lowest BCUT2D eigenvalue weighted by Crippen LogP contribution is -2.54. The number of para-hydroxylation sites is 1. The molecule has 1 fully saturated rings. The molecule has 0 aliphatic carbocycles. The summed E-state index contributed by atoms with van der Waals surface area (Å²) in [7, 11) is 1.48. The molecule has 0 bridgehead atoms. The summed E-state index contributed by atoms with van der Waals surface area (Å²) >= 11 is 11.9. The van der Waals surface area contributed by atoms with E-state index in [0.29, 0.717) is 47.5 Å². The molecule has 0 spiro atoms. The molecule has 8 nitrogen and oxygen atoms in total. The summed E-state index contributed by atoms with van der Waals surface area (Å²) in [5.41, 5.74) is 2.78. The molecule has 1 heterocycles. The van der Waals surface area contributed by atoms with Crippen LogP contribution in [0.5, 0.6) is 23.0 Å². The molecular formula is C34H29ClN2O6S. The molecular weight excluding hydrogens is 600 g/mol. The van der Waals surface area contributed by atoms with Crippen LogP contribution < -0.4 is 29.2 Å². The summed E-state index contributed by atoms with van der Waals surface area (Å²) in [5, 5.41) is 2.82. The van der Waals surface area contributed by atoms with Crippen LogP contribution in [0.4, 0.5) is 5.69 Å². The Morgan fingerprint density at radius 2 is 1.52 bits per heavy atom. The highest BCUT2D eigenvalue weighted by atomic mass is 35.5. The van der Waals surface area contributed by atoms with Gasteiger partial charge in [0.2, 0.25) is 0 Å². The topological polar surface area (TPSA) is 86.3 Å². The lowest BCUT2D eigenvalue weighted by Gasteiger charge is -2.28. The fourth-order valence-corrected chi connectivity index (χ4v) is 5.07. The smallest absolute Gasteiger partial charge is 0.270 e. The van der Waals surface area contributed by atoms with Gasteiger partial charge in [-0.2, -0.15) is 0 Å². The predicted octanol–water partition coefficient (Wildman–Crippen LogP) is 6.74. The first-order valence-electron chi connectivity index (χ1n) is 13.8. The number of nitrogens with one attached hydrogen (secondary N) is 1. The first kappa shape index (κ1) is 30.6. The zero-order chi connectivity index (χ0) is 31.1. The molecule has 4 aromatic rings. The monoisotopic (exact) mass is 628 g/mol. The van der Waals surface area contributed by atoms with Crippen molar-refractivity contribution in [1.29, 1.82) is 0 Å². The van der Waals surface area contributed by atoms with E-state index in [-0.39, 0.29) is 22.3 Å². The molecule has 1 N–H and O–H groups in total. The van der Waals surface area contributed by atoms with Crippen molar-refractivity contribution in [3.8, 4) is 23.0 Å². The first-order chi connectivity index (χ1) is 21.4. The van der Waals surface area contributed by atoms with Gasteiger partial charge in [0, 0.05) is 0 Å². The van der Waals surface area contributed by atoms with Gasteiger partial charge in [0.1, 0.15) is 18.8 Å². The molecule has 0 saturated carbocycles. The SMILES string of the molecule is CCOc1cc(COc2c(Cl)cc(/C=C3/C(=O)NC(=S)N(c4ccccc4)C3=O)cc2OC)ccc1OCc1ccccc1. The summed E-state index contributed by atoms with van der Waals surface area (Å²) in [6.07, 6.45) is 1.44. The number of thiocarbonyl (C=S) groups is 1. The Morgan fingerprint density at radius 1 is 0.818 bits per heavy atom. The quantitative estimate of drug-likeness (QED) is 0.112. The number of carbonyl (C=O) groups is 2. The van der Waals surface area contributed by atoms with Crippen molar-refractivity contribution in [2.24, 2.45) is 0 Å². The molecule has 2 amide bonds. The summed E-state index contributed by atoms with van der Waals surface area (Å²) < 4.78 is 23.5. The van der Waals surface area contributed by atoms with Gasteiger partial charge in [-0.15, -0.1) is 0 Å². The highest BCUT2D eigenvalue weighted by Crippen LogP contribution is 2.38. The van der Waals surface area contributed by atoms with Crippen LogP contribution in [0.2, 0.25) is 5.02 Å². The zero-order valence-corrected chi connectivity index (χ0v) is 25.6. The number of amides is 2. The molecule has 4 aromatic carbocycles. The van der Waals surface area contributed by atoms with E-state index in [2.05, 4.69) is 5.32 Å². The van der Waals surface area contributed by atoms with Gasteiger partial charge in [0.15, 0.2) is 28.1 Å². The van der Waals surface area contributed by atoms with E-state index >= 15 is 0 Å². The van der Waals surface area contributed by atoms with Gasteiger partial charge in [-0.25, -0.2) is 0 Å². The first-order valence-corrected chi connectivity index (χ1v) is 14.6. The number of hydrogen-bond donors (Lipinski definition) is 1. The molecule has 5 rings (SSSR count). The van der Waals surface area contributed by atoms with E-state index < -0.39 is 11.8 Å². The van der Waals surface area contributed by atoms with Gasteiger partial charge in [-0.1, -0.05) is 66.2 Å². The van der Waals surface area contributed by atoms with Crippen molar-refractivity contribution >= 4 is 52.5 Å². The van der Waals surface area contributed by atoms with Gasteiger partial charge in [0.25, 0.3) is 11.8 Å². The second kappa shape index (κ2) is 14.1. The van der Waals surface area contributed by atoms with E-state index in [1.165, 1.54) is 18.1 Å². The third-order valence-electron chi connectivity index (χ3n) is 6.61. The standard InChI is InChI=1S/C34H29ClN2O6S/c1-3-41-29-18-23(14-15-28(29)42-20-22-10-6-4-7-11-22)21-43-31-27(35)17-24(19-30(31)40-2)16-26-32(38)36-34(44)37(33(26)39)25-12-8-5-9-13-25/h4-19H,3,20-21H2,1-2H3,(H,36,38,44)/b26-16-. The molecule has 44 heavy (non-hydrogen) atoms. The Morgan fingerprint density at radius 3 is 2.23 bits per heavy atom. The van der Waals surface area contributed by atoms with Crippen molar-refractivity contribution in [2.75, 3.05) is 18.6 Å². The van der Waals surface area contributed by atoms with E-state index in [1.807, 2.05) is 61.5 Å². The third-order valence-corrected chi connectivity index (χ3v) is 7.17. The molecule has 0 atom stereocenters. The summed E-state index contributed by atoms with van der Waals surface area (Å²) in [6, 6.07) is 27.6. The van der Waals surface area contributed by atoms with Crippen LogP contribution >= 0.6 is 23.8 Å². The summed E-state index contributed by atoms with van der Waals surface area (Å²) in [4.78, 5) is 27.4. The molecule has 10 heteroatoms. The highest BCUT2D eigenvalue weighted by molar-refractivity contribution is 7.80. The van der Waals surface area contributed by atoms with E-state index in [0.717, 1.165) is 11.1 Å². The lowest BCUT2D eigenvalue weighted by atomic mass is 10.1. The van der Waals surface area contributed by atoms with Crippen molar-refractivity contribution in [1.82, 2.24) is 5.32 Å². The van der Waals surface area contributed by atoms with Crippen molar-refractivity contribution in [2.45, 2.75) is 20.1 Å². The highest BCUT2D eigenvalue weighted by Gasteiger charge is 2.34. The number of hydrogen-bond acceptors (Lipinski definition) is 7. The fourth-order valence-electron chi connectivity index (χ4n) is 4.52. The van der Waals surface area contributed by atoms with E-state index in [1.54, 1.807) is 36.4 Å². The van der Waals surface area contributed by atoms with Gasteiger partial charge < -0.3 is 18.9 Å². The Hall–Kier alpha value is -4.86. The largest absolute Gasteiger partial charge is 0.493 e. The van der Waals surface area contributed by atoms with Gasteiger partial charge in [-0.05, 0) is 78.3 Å². The second-order valence-corrected chi connectivity index (χ2v) is 10.4. The van der Waals surface area contributed by atoms with Gasteiger partial charge in [0.05, 0.1) is 24.4 Å². The Labute approximate surface area is 265 Å². The van der Waals surface area contributed by atoms with Crippen LogP contribution in [-0.4, -0.2) is 30.6 Å². The molecule has 0 unspecified atom stereocenters. The number of methoxy groups -OCH3 is 1. The normalized spacial score (nSPS) is 13.9. The van der Waals surface area contributed by atoms with Gasteiger partial charge >= 0.3 is 0 Å². The molecule has 1 aliphatic rings. The summed E-state index contributed by atoms with van der Waals surface area (Å²) in [5.74, 6) is 0.705. The van der Waals surface area contributed by atoms with Crippen LogP contribution in [0, 0.1) is 0 Å². The Balaban J connectivity index is 1.34. The average molecular weight is 629 g/mol. The number of nitrogens with zero attached hydrogens (tertiary/aromatic N) is 1. The van der Waals surface area contributed by atoms with Crippen LogP contribution in [0.3, 0.4) is 0 Å². The number of benzene rings is 4.